The number of carboxylic acids is 1. The average molecular weight is 281 g/mol. The lowest BCUT2D eigenvalue weighted by Crippen LogP contribution is -2.02. The van der Waals surface area contributed by atoms with Crippen molar-refractivity contribution in [1.29, 1.82) is 5.26 Å². The van der Waals surface area contributed by atoms with Crippen molar-refractivity contribution in [1.82, 2.24) is 0 Å². The Balaban J connectivity index is 2.26. The monoisotopic (exact) mass is 281 g/mol. The second-order valence-corrected chi connectivity index (χ2v) is 4.70. The summed E-state index contributed by atoms with van der Waals surface area (Å²) in [6, 6.07) is 16.5. The first-order valence-electron chi connectivity index (χ1n) is 6.57. The van der Waals surface area contributed by atoms with Crippen LogP contribution in [0, 0.1) is 11.3 Å². The third-order valence-electron chi connectivity index (χ3n) is 3.09. The lowest BCUT2D eigenvalue weighted by molar-refractivity contribution is -0.136. The van der Waals surface area contributed by atoms with Crippen molar-refractivity contribution < 1.29 is 14.6 Å². The lowest BCUT2D eigenvalue weighted by Gasteiger charge is -2.11. The summed E-state index contributed by atoms with van der Waals surface area (Å²) in [4.78, 5) is 10.9. The van der Waals surface area contributed by atoms with Crippen molar-refractivity contribution in [3.8, 4) is 17.6 Å². The number of hydrogen-bond acceptors (Lipinski definition) is 3. The highest BCUT2D eigenvalue weighted by molar-refractivity contribution is 5.71. The van der Waals surface area contributed by atoms with E-state index in [0.29, 0.717) is 17.1 Å². The minimum atomic E-state index is -0.905. The quantitative estimate of drug-likeness (QED) is 0.906. The van der Waals surface area contributed by atoms with Gasteiger partial charge in [-0.1, -0.05) is 30.3 Å². The Hall–Kier alpha value is -2.80. The molecule has 0 radical (unpaired) electrons. The van der Waals surface area contributed by atoms with Crippen LogP contribution in [0.1, 0.15) is 24.0 Å². The maximum atomic E-state index is 10.9. The Morgan fingerprint density at radius 2 is 2.05 bits per heavy atom. The molecule has 106 valence electrons. The molecule has 1 N–H and O–H groups in total. The second kappa shape index (κ2) is 6.58. The Morgan fingerprint density at radius 1 is 1.29 bits per heavy atom. The van der Waals surface area contributed by atoms with E-state index < -0.39 is 5.97 Å². The van der Waals surface area contributed by atoms with Crippen molar-refractivity contribution in [3.05, 3.63) is 59.7 Å². The van der Waals surface area contributed by atoms with Gasteiger partial charge in [-0.05, 0) is 30.7 Å². The molecule has 1 unspecified atom stereocenters. The summed E-state index contributed by atoms with van der Waals surface area (Å²) in [7, 11) is 0. The van der Waals surface area contributed by atoms with Crippen molar-refractivity contribution in [3.63, 3.8) is 0 Å². The number of benzene rings is 2. The van der Waals surface area contributed by atoms with E-state index in [2.05, 4.69) is 6.07 Å². The molecule has 0 aliphatic heterocycles. The Morgan fingerprint density at radius 3 is 2.76 bits per heavy atom. The third-order valence-corrected chi connectivity index (χ3v) is 3.09. The summed E-state index contributed by atoms with van der Waals surface area (Å²) < 4.78 is 5.77. The van der Waals surface area contributed by atoms with E-state index in [1.165, 1.54) is 0 Å². The number of nitriles is 1. The van der Waals surface area contributed by atoms with Gasteiger partial charge < -0.3 is 9.84 Å². The minimum Gasteiger partial charge on any atom is -0.481 e. The SMILES string of the molecule is CC(C#N)c1cccc(Oc2ccccc2CC(=O)O)c1. The van der Waals surface area contributed by atoms with Crippen molar-refractivity contribution in [2.75, 3.05) is 0 Å². The summed E-state index contributed by atoms with van der Waals surface area (Å²) in [6.45, 7) is 1.82. The van der Waals surface area contributed by atoms with E-state index in [9.17, 15) is 4.79 Å². The Kier molecular flexibility index (Phi) is 4.57. The number of ether oxygens (including phenoxy) is 1. The van der Waals surface area contributed by atoms with Gasteiger partial charge in [0.05, 0.1) is 18.4 Å². The number of carbonyl (C=O) groups is 1. The summed E-state index contributed by atoms with van der Waals surface area (Å²) in [5, 5.41) is 17.9. The number of para-hydroxylation sites is 1. The molecule has 0 heterocycles. The molecule has 0 fully saturated rings. The van der Waals surface area contributed by atoms with Gasteiger partial charge in [0.25, 0.3) is 0 Å². The number of rotatable bonds is 5. The van der Waals surface area contributed by atoms with E-state index in [1.807, 2.05) is 19.1 Å². The van der Waals surface area contributed by atoms with Gasteiger partial charge in [-0.15, -0.1) is 0 Å². The fourth-order valence-electron chi connectivity index (χ4n) is 1.96. The fourth-order valence-corrected chi connectivity index (χ4v) is 1.96. The van der Waals surface area contributed by atoms with E-state index in [1.54, 1.807) is 36.4 Å². The van der Waals surface area contributed by atoms with Crippen LogP contribution in [-0.4, -0.2) is 11.1 Å². The Bertz CT molecular complexity index is 688. The predicted molar refractivity (Wildman–Crippen MR) is 78.3 cm³/mol. The first-order valence-corrected chi connectivity index (χ1v) is 6.57. The van der Waals surface area contributed by atoms with Crippen molar-refractivity contribution >= 4 is 5.97 Å². The lowest BCUT2D eigenvalue weighted by atomic mass is 10.0. The van der Waals surface area contributed by atoms with Crippen LogP contribution in [0.4, 0.5) is 0 Å². The molecule has 4 nitrogen and oxygen atoms in total. The Labute approximate surface area is 123 Å². The molecule has 0 amide bonds. The fraction of sp³-hybridized carbons (Fsp3) is 0.176. The van der Waals surface area contributed by atoms with Crippen LogP contribution in [0.5, 0.6) is 11.5 Å². The highest BCUT2D eigenvalue weighted by Crippen LogP contribution is 2.28. The van der Waals surface area contributed by atoms with Crippen LogP contribution in [0.3, 0.4) is 0 Å². The van der Waals surface area contributed by atoms with E-state index in [-0.39, 0.29) is 12.3 Å². The molecule has 21 heavy (non-hydrogen) atoms. The highest BCUT2D eigenvalue weighted by Gasteiger charge is 2.10. The third kappa shape index (κ3) is 3.83. The van der Waals surface area contributed by atoms with Gasteiger partial charge in [0.1, 0.15) is 11.5 Å². The zero-order chi connectivity index (χ0) is 15.2. The molecule has 2 rings (SSSR count). The molecule has 0 bridgehead atoms. The van der Waals surface area contributed by atoms with E-state index in [4.69, 9.17) is 15.1 Å². The van der Waals surface area contributed by atoms with Crippen molar-refractivity contribution in [2.45, 2.75) is 19.3 Å². The van der Waals surface area contributed by atoms with Gasteiger partial charge in [-0.25, -0.2) is 0 Å². The standard InChI is InChI=1S/C17H15NO3/c1-12(11-18)13-6-4-7-15(9-13)21-16-8-3-2-5-14(16)10-17(19)20/h2-9,12H,10H2,1H3,(H,19,20). The van der Waals surface area contributed by atoms with E-state index in [0.717, 1.165) is 5.56 Å². The topological polar surface area (TPSA) is 70.3 Å². The molecule has 1 atom stereocenters. The molecule has 2 aromatic carbocycles. The second-order valence-electron chi connectivity index (χ2n) is 4.70. The molecule has 0 aliphatic rings. The summed E-state index contributed by atoms with van der Waals surface area (Å²) in [5.74, 6) is -0.0187. The zero-order valence-corrected chi connectivity index (χ0v) is 11.6. The van der Waals surface area contributed by atoms with Gasteiger partial charge >= 0.3 is 5.97 Å². The molecule has 2 aromatic rings. The summed E-state index contributed by atoms with van der Waals surface area (Å²) >= 11 is 0. The highest BCUT2D eigenvalue weighted by atomic mass is 16.5. The largest absolute Gasteiger partial charge is 0.481 e. The molecular formula is C17H15NO3. The normalized spacial score (nSPS) is 11.4. The van der Waals surface area contributed by atoms with Crippen molar-refractivity contribution in [2.24, 2.45) is 0 Å². The predicted octanol–water partition coefficient (Wildman–Crippen LogP) is 3.73. The summed E-state index contributed by atoms with van der Waals surface area (Å²) in [5.41, 5.74) is 1.48. The molecule has 0 saturated carbocycles. The molecule has 0 saturated heterocycles. The van der Waals surface area contributed by atoms with E-state index >= 15 is 0 Å². The number of nitrogens with zero attached hydrogens (tertiary/aromatic N) is 1. The molecule has 0 aromatic heterocycles. The molecule has 4 heteroatoms. The van der Waals surface area contributed by atoms with Crippen LogP contribution in [0.25, 0.3) is 0 Å². The maximum Gasteiger partial charge on any atom is 0.307 e. The number of hydrogen-bond donors (Lipinski definition) is 1. The van der Waals surface area contributed by atoms with Crippen LogP contribution in [0.15, 0.2) is 48.5 Å². The zero-order valence-electron chi connectivity index (χ0n) is 11.6. The van der Waals surface area contributed by atoms with Crippen LogP contribution >= 0.6 is 0 Å². The first kappa shape index (κ1) is 14.6. The number of carboxylic acid groups (broad SMARTS) is 1. The smallest absolute Gasteiger partial charge is 0.307 e. The maximum absolute atomic E-state index is 10.9. The van der Waals surface area contributed by atoms with Gasteiger partial charge in [0.2, 0.25) is 0 Å². The minimum absolute atomic E-state index is 0.0928. The average Bonchev–Trinajstić information content (AvgIpc) is 2.48. The molecule has 0 aliphatic carbocycles. The van der Waals surface area contributed by atoms with Crippen LogP contribution in [0.2, 0.25) is 0 Å². The van der Waals surface area contributed by atoms with Crippen LogP contribution < -0.4 is 4.74 Å². The van der Waals surface area contributed by atoms with Gasteiger partial charge in [-0.2, -0.15) is 5.26 Å². The molecular weight excluding hydrogens is 266 g/mol. The summed E-state index contributed by atoms with van der Waals surface area (Å²) in [6.07, 6.45) is -0.0928. The van der Waals surface area contributed by atoms with Gasteiger partial charge in [-0.3, -0.25) is 4.79 Å². The van der Waals surface area contributed by atoms with Crippen LogP contribution in [-0.2, 0) is 11.2 Å². The molecule has 0 spiro atoms. The first-order chi connectivity index (χ1) is 10.1. The van der Waals surface area contributed by atoms with Gasteiger partial charge in [0.15, 0.2) is 0 Å². The van der Waals surface area contributed by atoms with Gasteiger partial charge in [0, 0.05) is 5.56 Å². The number of aliphatic carboxylic acids is 1.